The highest BCUT2D eigenvalue weighted by atomic mass is 19.3. The van der Waals surface area contributed by atoms with Crippen molar-refractivity contribution in [3.8, 4) is 0 Å². The van der Waals surface area contributed by atoms with Crippen molar-refractivity contribution in [2.24, 2.45) is 0 Å². The van der Waals surface area contributed by atoms with Crippen LogP contribution in [0.5, 0.6) is 0 Å². The predicted molar refractivity (Wildman–Crippen MR) is 81.3 cm³/mol. The van der Waals surface area contributed by atoms with Crippen LogP contribution < -0.4 is 0 Å². The first-order valence-electron chi connectivity index (χ1n) is 7.34. The van der Waals surface area contributed by atoms with Crippen LogP contribution >= 0.6 is 0 Å². The Balaban J connectivity index is 2.86. The standard InChI is InChI=1S/C16H20F2N2O3/c1-4-20(5-2)15(21)13-12(7-6-9-19-13)16(22)23-10-8-11(3)14(17)18/h6-7,9H,4-5,8,10H2,1-3H3. The summed E-state index contributed by atoms with van der Waals surface area (Å²) < 4.78 is 29.6. The van der Waals surface area contributed by atoms with Crippen molar-refractivity contribution in [3.05, 3.63) is 41.2 Å². The lowest BCUT2D eigenvalue weighted by molar-refractivity contribution is 0.0500. The molecule has 1 heterocycles. The van der Waals surface area contributed by atoms with Crippen molar-refractivity contribution >= 4 is 11.9 Å². The van der Waals surface area contributed by atoms with E-state index in [4.69, 9.17) is 4.74 Å². The van der Waals surface area contributed by atoms with Gasteiger partial charge in [0.05, 0.1) is 12.2 Å². The molecule has 0 bridgehead atoms. The summed E-state index contributed by atoms with van der Waals surface area (Å²) in [6, 6.07) is 2.95. The van der Waals surface area contributed by atoms with Crippen molar-refractivity contribution in [1.82, 2.24) is 9.88 Å². The number of amides is 1. The van der Waals surface area contributed by atoms with Crippen LogP contribution in [0, 0.1) is 0 Å². The van der Waals surface area contributed by atoms with E-state index in [9.17, 15) is 18.4 Å². The maximum atomic E-state index is 12.4. The van der Waals surface area contributed by atoms with Gasteiger partial charge < -0.3 is 9.64 Å². The number of halogens is 2. The van der Waals surface area contributed by atoms with Gasteiger partial charge in [-0.25, -0.2) is 4.79 Å². The highest BCUT2D eigenvalue weighted by molar-refractivity contribution is 6.03. The first-order valence-corrected chi connectivity index (χ1v) is 7.34. The van der Waals surface area contributed by atoms with E-state index in [2.05, 4.69) is 4.98 Å². The SMILES string of the molecule is CCN(CC)C(=O)c1ncccc1C(=O)OCCC(C)=C(F)F. The lowest BCUT2D eigenvalue weighted by atomic mass is 10.1. The average molecular weight is 326 g/mol. The van der Waals surface area contributed by atoms with Crippen LogP contribution in [0.15, 0.2) is 30.0 Å². The van der Waals surface area contributed by atoms with E-state index in [0.717, 1.165) is 0 Å². The highest BCUT2D eigenvalue weighted by Crippen LogP contribution is 2.13. The van der Waals surface area contributed by atoms with Gasteiger partial charge in [0.2, 0.25) is 0 Å². The summed E-state index contributed by atoms with van der Waals surface area (Å²) in [5, 5.41) is 0. The molecule has 1 rings (SSSR count). The van der Waals surface area contributed by atoms with Crippen LogP contribution in [0.3, 0.4) is 0 Å². The molecule has 7 heteroatoms. The molecule has 0 fully saturated rings. The van der Waals surface area contributed by atoms with Gasteiger partial charge >= 0.3 is 5.97 Å². The summed E-state index contributed by atoms with van der Waals surface area (Å²) in [5.41, 5.74) is -0.0969. The largest absolute Gasteiger partial charge is 0.462 e. The van der Waals surface area contributed by atoms with Crippen molar-refractivity contribution in [2.75, 3.05) is 19.7 Å². The zero-order valence-corrected chi connectivity index (χ0v) is 13.4. The zero-order chi connectivity index (χ0) is 17.4. The molecule has 0 N–H and O–H groups in total. The summed E-state index contributed by atoms with van der Waals surface area (Å²) in [4.78, 5) is 29.9. The summed E-state index contributed by atoms with van der Waals surface area (Å²) in [5.74, 6) is -1.12. The number of hydrogen-bond acceptors (Lipinski definition) is 4. The van der Waals surface area contributed by atoms with Crippen molar-refractivity contribution in [1.29, 1.82) is 0 Å². The number of carbonyl (C=O) groups is 2. The van der Waals surface area contributed by atoms with Gasteiger partial charge in [-0.3, -0.25) is 9.78 Å². The zero-order valence-electron chi connectivity index (χ0n) is 13.4. The molecule has 0 aliphatic heterocycles. The van der Waals surface area contributed by atoms with E-state index >= 15 is 0 Å². The lowest BCUT2D eigenvalue weighted by Gasteiger charge is -2.19. The number of esters is 1. The maximum absolute atomic E-state index is 12.4. The summed E-state index contributed by atoms with van der Waals surface area (Å²) in [7, 11) is 0. The first kappa shape index (κ1) is 18.7. The summed E-state index contributed by atoms with van der Waals surface area (Å²) in [6.07, 6.45) is -0.424. The molecule has 23 heavy (non-hydrogen) atoms. The van der Waals surface area contributed by atoms with Gasteiger partial charge in [-0.2, -0.15) is 8.78 Å². The van der Waals surface area contributed by atoms with Crippen LogP contribution in [0.1, 0.15) is 48.0 Å². The van der Waals surface area contributed by atoms with Gasteiger partial charge in [0.15, 0.2) is 0 Å². The molecule has 126 valence electrons. The molecule has 0 aliphatic rings. The monoisotopic (exact) mass is 326 g/mol. The Hall–Kier alpha value is -2.31. The number of pyridine rings is 1. The molecule has 0 saturated carbocycles. The predicted octanol–water partition coefficient (Wildman–Crippen LogP) is 3.28. The fraction of sp³-hybridized carbons (Fsp3) is 0.438. The van der Waals surface area contributed by atoms with Gasteiger partial charge in [-0.15, -0.1) is 0 Å². The minimum absolute atomic E-state index is 0.00476. The average Bonchev–Trinajstić information content (AvgIpc) is 2.55. The second-order valence-corrected chi connectivity index (χ2v) is 4.80. The summed E-state index contributed by atoms with van der Waals surface area (Å²) in [6.45, 7) is 5.70. The Morgan fingerprint density at radius 1 is 1.26 bits per heavy atom. The minimum atomic E-state index is -1.78. The number of hydrogen-bond donors (Lipinski definition) is 0. The van der Waals surface area contributed by atoms with Gasteiger partial charge in [-0.05, 0) is 38.5 Å². The van der Waals surface area contributed by atoms with Gasteiger partial charge in [0, 0.05) is 25.7 Å². The highest BCUT2D eigenvalue weighted by Gasteiger charge is 2.22. The van der Waals surface area contributed by atoms with Crippen LogP contribution in [-0.4, -0.2) is 41.5 Å². The van der Waals surface area contributed by atoms with E-state index in [1.807, 2.05) is 13.8 Å². The minimum Gasteiger partial charge on any atom is -0.462 e. The van der Waals surface area contributed by atoms with Crippen molar-refractivity contribution in [3.63, 3.8) is 0 Å². The Bertz CT molecular complexity index is 595. The van der Waals surface area contributed by atoms with Crippen molar-refractivity contribution < 1.29 is 23.1 Å². The van der Waals surface area contributed by atoms with Gasteiger partial charge in [-0.1, -0.05) is 0 Å². The molecule has 1 aromatic heterocycles. The van der Waals surface area contributed by atoms with Crippen LogP contribution in [0.4, 0.5) is 8.78 Å². The Kier molecular flexibility index (Phi) is 7.31. The molecule has 1 amide bonds. The normalized spacial score (nSPS) is 10.1. The molecular weight excluding hydrogens is 306 g/mol. The first-order chi connectivity index (χ1) is 10.9. The van der Waals surface area contributed by atoms with E-state index in [1.165, 1.54) is 30.2 Å². The Labute approximate surface area is 134 Å². The third-order valence-corrected chi connectivity index (χ3v) is 3.31. The lowest BCUT2D eigenvalue weighted by Crippen LogP contribution is -2.32. The quantitative estimate of drug-likeness (QED) is 0.722. The van der Waals surface area contributed by atoms with E-state index in [1.54, 1.807) is 0 Å². The number of aromatic nitrogens is 1. The number of nitrogens with zero attached hydrogens (tertiary/aromatic N) is 2. The molecule has 0 radical (unpaired) electrons. The van der Waals surface area contributed by atoms with E-state index < -0.39 is 12.0 Å². The fourth-order valence-electron chi connectivity index (χ4n) is 1.87. The molecule has 0 aliphatic carbocycles. The van der Waals surface area contributed by atoms with Crippen molar-refractivity contribution in [2.45, 2.75) is 27.2 Å². The number of rotatable bonds is 7. The third kappa shape index (κ3) is 5.12. The van der Waals surface area contributed by atoms with Crippen LogP contribution in [0.25, 0.3) is 0 Å². The van der Waals surface area contributed by atoms with Crippen LogP contribution in [0.2, 0.25) is 0 Å². The second kappa shape index (κ2) is 8.97. The van der Waals surface area contributed by atoms with E-state index in [0.29, 0.717) is 13.1 Å². The fourth-order valence-corrected chi connectivity index (χ4v) is 1.87. The summed E-state index contributed by atoms with van der Waals surface area (Å²) >= 11 is 0. The second-order valence-electron chi connectivity index (χ2n) is 4.80. The topological polar surface area (TPSA) is 59.5 Å². The Morgan fingerprint density at radius 2 is 1.91 bits per heavy atom. The smallest absolute Gasteiger partial charge is 0.340 e. The van der Waals surface area contributed by atoms with Gasteiger partial charge in [0.25, 0.3) is 12.0 Å². The van der Waals surface area contributed by atoms with Crippen LogP contribution in [-0.2, 0) is 4.74 Å². The molecule has 0 spiro atoms. The number of carbonyl (C=O) groups excluding carboxylic acids is 2. The molecular formula is C16H20F2N2O3. The maximum Gasteiger partial charge on any atom is 0.340 e. The molecule has 0 saturated heterocycles. The number of ether oxygens (including phenoxy) is 1. The molecule has 0 unspecified atom stereocenters. The Morgan fingerprint density at radius 3 is 2.48 bits per heavy atom. The third-order valence-electron chi connectivity index (χ3n) is 3.31. The molecule has 5 nitrogen and oxygen atoms in total. The molecule has 0 aromatic carbocycles. The molecule has 0 atom stereocenters. The van der Waals surface area contributed by atoms with E-state index in [-0.39, 0.29) is 35.8 Å². The van der Waals surface area contributed by atoms with Gasteiger partial charge in [0.1, 0.15) is 5.69 Å². The molecule has 1 aromatic rings.